The number of amides is 1. The Labute approximate surface area is 150 Å². The molecule has 20 heavy (non-hydrogen) atoms. The van der Waals surface area contributed by atoms with Crippen LogP contribution in [-0.2, 0) is 50.3 Å². The van der Waals surface area contributed by atoms with E-state index in [1.54, 1.807) is 13.8 Å². The van der Waals surface area contributed by atoms with Gasteiger partial charge in [0.2, 0.25) is 0 Å². The van der Waals surface area contributed by atoms with Gasteiger partial charge in [0.1, 0.15) is 5.82 Å². The topological polar surface area (TPSA) is 29.1 Å². The van der Waals surface area contributed by atoms with Crippen LogP contribution in [0.3, 0.4) is 0 Å². The Bertz CT molecular complexity index is 515. The van der Waals surface area contributed by atoms with E-state index in [0.29, 0.717) is 5.69 Å². The first-order valence-corrected chi connectivity index (χ1v) is 6.67. The van der Waals surface area contributed by atoms with Gasteiger partial charge in [-0.2, -0.15) is 0 Å². The molecular weight excluding hydrogens is 352 g/mol. The molecule has 1 aliphatic rings. The van der Waals surface area contributed by atoms with Gasteiger partial charge in [-0.15, -0.1) is 0 Å². The van der Waals surface area contributed by atoms with Crippen molar-refractivity contribution in [3.63, 3.8) is 0 Å². The first-order chi connectivity index (χ1) is 8.67. The zero-order chi connectivity index (χ0) is 14.4. The number of nitrogens with zero attached hydrogens (tertiary/aromatic N) is 1. The van der Waals surface area contributed by atoms with E-state index in [9.17, 15) is 9.18 Å². The van der Waals surface area contributed by atoms with Gasteiger partial charge in [-0.25, -0.2) is 4.39 Å². The maximum atomic E-state index is 13.2. The van der Waals surface area contributed by atoms with Crippen LogP contribution in [0.25, 0.3) is 0 Å². The van der Waals surface area contributed by atoms with E-state index in [1.807, 2.05) is 14.1 Å². The van der Waals surface area contributed by atoms with Crippen molar-refractivity contribution in [3.05, 3.63) is 29.1 Å². The van der Waals surface area contributed by atoms with Gasteiger partial charge < -0.3 is 22.0 Å². The molecule has 0 bridgehead atoms. The van der Waals surface area contributed by atoms with Gasteiger partial charge in [-0.1, -0.05) is 0 Å². The quantitative estimate of drug-likeness (QED) is 0.653. The third kappa shape index (κ3) is 3.26. The van der Waals surface area contributed by atoms with Crippen molar-refractivity contribution in [2.75, 3.05) is 19.4 Å². The molecule has 0 unspecified atom stereocenters. The average Bonchev–Trinajstić information content (AvgIpc) is 3.02. The van der Waals surface area contributed by atoms with E-state index >= 15 is 0 Å². The molecule has 2 rings (SSSR count). The Hall–Kier alpha value is 0.0339. The second-order valence-corrected chi connectivity index (χ2v) is 6.66. The van der Waals surface area contributed by atoms with Crippen LogP contribution in [0.15, 0.2) is 12.1 Å². The number of aryl methyl sites for hydroxylation is 2. The number of carbonyl (C=O) groups excluding carboxylic acids is 1. The Kier molecular flexibility index (Phi) is 5.45. The Balaban J connectivity index is 0.00000200. The van der Waals surface area contributed by atoms with Gasteiger partial charge in [0.05, 0.1) is 14.1 Å². The normalized spacial score (nSPS) is 16.3. The summed E-state index contributed by atoms with van der Waals surface area (Å²) in [6, 6.07) is 2.85. The molecule has 0 spiro atoms. The summed E-state index contributed by atoms with van der Waals surface area (Å²) in [6.07, 6.45) is 1.60. The number of halogens is 1. The smallest absolute Gasteiger partial charge is 0.284 e. The summed E-state index contributed by atoms with van der Waals surface area (Å²) in [4.78, 5) is 12.4. The van der Waals surface area contributed by atoms with E-state index in [0.717, 1.165) is 24.0 Å². The zero-order valence-corrected chi connectivity index (χ0v) is 15.9. The summed E-state index contributed by atoms with van der Waals surface area (Å²) < 4.78 is 13.5. The molecule has 1 aliphatic carbocycles. The van der Waals surface area contributed by atoms with Crippen LogP contribution in [0.5, 0.6) is 0 Å². The average molecular weight is 371 g/mol. The van der Waals surface area contributed by atoms with E-state index < -0.39 is 5.54 Å². The van der Waals surface area contributed by atoms with Crippen LogP contribution in [0.4, 0.5) is 10.1 Å². The third-order valence-electron chi connectivity index (χ3n) is 3.91. The fraction of sp³-hybridized carbons (Fsp3) is 0.500. The fourth-order valence-corrected chi connectivity index (χ4v) is 2.73. The van der Waals surface area contributed by atoms with Crippen LogP contribution in [0.1, 0.15) is 24.0 Å². The fourth-order valence-electron chi connectivity index (χ4n) is 2.47. The Morgan fingerprint density at radius 1 is 1.30 bits per heavy atom. The van der Waals surface area contributed by atoms with Crippen molar-refractivity contribution in [1.82, 2.24) is 0 Å². The van der Waals surface area contributed by atoms with E-state index in [-0.39, 0.29) is 48.3 Å². The molecule has 0 atom stereocenters. The van der Waals surface area contributed by atoms with Crippen LogP contribution < -0.4 is 5.32 Å². The number of hydrogen-bond donors (Lipinski definition) is 1. The van der Waals surface area contributed by atoms with E-state index in [2.05, 4.69) is 5.32 Å². The van der Waals surface area contributed by atoms with Crippen LogP contribution in [-0.4, -0.2) is 29.4 Å². The summed E-state index contributed by atoms with van der Waals surface area (Å²) in [6.45, 7) is 3.58. The van der Waals surface area contributed by atoms with Gasteiger partial charge in [0, 0.05) is 51.2 Å². The maximum absolute atomic E-state index is 13.2. The zero-order valence-electron chi connectivity index (χ0n) is 12.3. The predicted molar refractivity (Wildman–Crippen MR) is 75.9 cm³/mol. The van der Waals surface area contributed by atoms with Crippen LogP contribution >= 0.6 is 0 Å². The van der Waals surface area contributed by atoms with Crippen molar-refractivity contribution in [2.24, 2.45) is 0 Å². The SMILES string of the molecule is Cc1cc(F)cc(C)c1NC(=O)C1([N+](C)(C)[S-])CC1.[Y]. The third-order valence-corrected chi connectivity index (χ3v) is 4.26. The number of anilines is 1. The number of benzene rings is 1. The van der Waals surface area contributed by atoms with Gasteiger partial charge in [-0.05, 0) is 37.1 Å². The number of rotatable bonds is 3. The molecule has 0 aliphatic heterocycles. The molecule has 3 nitrogen and oxygen atoms in total. The maximum Gasteiger partial charge on any atom is 0.284 e. The molecule has 0 aromatic heterocycles. The van der Waals surface area contributed by atoms with Crippen LogP contribution in [0, 0.1) is 19.7 Å². The van der Waals surface area contributed by atoms with Gasteiger partial charge in [-0.3, -0.25) is 4.79 Å². The largest absolute Gasteiger partial charge is 0.494 e. The van der Waals surface area contributed by atoms with E-state index in [4.69, 9.17) is 12.8 Å². The van der Waals surface area contributed by atoms with Crippen molar-refractivity contribution in [2.45, 2.75) is 32.2 Å². The van der Waals surface area contributed by atoms with Gasteiger partial charge in [0.15, 0.2) is 5.54 Å². The molecule has 6 heteroatoms. The van der Waals surface area contributed by atoms with Crippen molar-refractivity contribution in [3.8, 4) is 0 Å². The second-order valence-electron chi connectivity index (χ2n) is 5.75. The first-order valence-electron chi connectivity index (χ1n) is 6.31. The van der Waals surface area contributed by atoms with Crippen molar-refractivity contribution >= 4 is 24.4 Å². The van der Waals surface area contributed by atoms with Gasteiger partial charge in [0.25, 0.3) is 5.91 Å². The minimum absolute atomic E-state index is 0. The number of likely N-dealkylation sites (N-methyl/N-ethyl adjacent to an activating group) is 1. The summed E-state index contributed by atoms with van der Waals surface area (Å²) in [5.74, 6) is -0.348. The number of nitrogens with one attached hydrogen (secondary N) is 1. The molecule has 0 saturated heterocycles. The molecule has 0 heterocycles. The van der Waals surface area contributed by atoms with Crippen molar-refractivity contribution in [1.29, 1.82) is 0 Å². The molecule has 1 N–H and O–H groups in total. The number of carbonyl (C=O) groups is 1. The monoisotopic (exact) mass is 371 g/mol. The molecule has 1 aromatic rings. The molecular formula is C14H19FN2OSY. The summed E-state index contributed by atoms with van der Waals surface area (Å²) in [7, 11) is 3.71. The van der Waals surface area contributed by atoms with Crippen molar-refractivity contribution < 1.29 is 45.8 Å². The summed E-state index contributed by atoms with van der Waals surface area (Å²) >= 11 is 5.38. The molecule has 107 valence electrons. The summed E-state index contributed by atoms with van der Waals surface area (Å²) in [5.41, 5.74) is 1.65. The molecule has 1 saturated carbocycles. The van der Waals surface area contributed by atoms with E-state index in [1.165, 1.54) is 12.1 Å². The molecule has 1 aromatic carbocycles. The standard InChI is InChI=1S/C14H19FN2OS.Y/c1-9-7-11(15)8-10(2)12(9)16-13(18)14(5-6-14)17(3,4)19;/h7-8H,5-6H2,1-4H3,(H,16,18);. The minimum atomic E-state index is -0.511. The molecule has 1 amide bonds. The molecule has 1 fully saturated rings. The molecule has 1 radical (unpaired) electrons. The first kappa shape index (κ1) is 18.1. The van der Waals surface area contributed by atoms with Crippen LogP contribution in [0.2, 0.25) is 0 Å². The number of quaternary nitrogens is 1. The Morgan fingerprint density at radius 2 is 1.75 bits per heavy atom. The number of hydrogen-bond acceptors (Lipinski definition) is 2. The summed E-state index contributed by atoms with van der Waals surface area (Å²) in [5, 5.41) is 2.93. The predicted octanol–water partition coefficient (Wildman–Crippen LogP) is 2.45. The Morgan fingerprint density at radius 3 is 2.10 bits per heavy atom. The second kappa shape index (κ2) is 6.03. The minimum Gasteiger partial charge on any atom is -0.494 e. The van der Waals surface area contributed by atoms with Gasteiger partial charge >= 0.3 is 0 Å².